The fraction of sp³-hybridized carbons (Fsp3) is 1.00. The van der Waals surface area contributed by atoms with Crippen LogP contribution in [-0.2, 0) is 0 Å². The molecule has 0 spiro atoms. The molecule has 0 bridgehead atoms. The maximum Gasteiger partial charge on any atom is 0.0225 e. The van der Waals surface area contributed by atoms with Crippen LogP contribution in [0.2, 0.25) is 0 Å². The SMILES string of the molecule is NCCN(CCN)CCNN. The van der Waals surface area contributed by atoms with E-state index in [1.165, 1.54) is 0 Å². The van der Waals surface area contributed by atoms with Gasteiger partial charge in [-0.15, -0.1) is 0 Å². The molecule has 5 nitrogen and oxygen atoms in total. The molecule has 0 rings (SSSR count). The first-order valence-electron chi connectivity index (χ1n) is 3.91. The Hall–Kier alpha value is -0.200. The fourth-order valence-corrected chi connectivity index (χ4v) is 0.923. The number of nitrogens with one attached hydrogen (secondary N) is 1. The summed E-state index contributed by atoms with van der Waals surface area (Å²) < 4.78 is 0. The minimum Gasteiger partial charge on any atom is -0.329 e. The molecule has 0 aromatic rings. The molecular formula is C6H19N5. The molecule has 0 aliphatic carbocycles. The molecule has 0 amide bonds. The molecular weight excluding hydrogens is 142 g/mol. The summed E-state index contributed by atoms with van der Waals surface area (Å²) in [6, 6.07) is 0. The van der Waals surface area contributed by atoms with Crippen LogP contribution in [0.15, 0.2) is 0 Å². The summed E-state index contributed by atoms with van der Waals surface area (Å²) in [6.07, 6.45) is 0. The van der Waals surface area contributed by atoms with Crippen molar-refractivity contribution in [2.24, 2.45) is 17.3 Å². The van der Waals surface area contributed by atoms with Crippen LogP contribution < -0.4 is 22.7 Å². The molecule has 0 aliphatic rings. The first-order chi connectivity index (χ1) is 5.35. The molecule has 0 aromatic carbocycles. The number of nitrogens with zero attached hydrogens (tertiary/aromatic N) is 1. The molecule has 0 fully saturated rings. The Balaban J connectivity index is 3.34. The summed E-state index contributed by atoms with van der Waals surface area (Å²) in [5.41, 5.74) is 13.4. The van der Waals surface area contributed by atoms with E-state index in [0.29, 0.717) is 13.1 Å². The molecule has 0 saturated carbocycles. The zero-order valence-electron chi connectivity index (χ0n) is 6.92. The Bertz CT molecular complexity index is 71.4. The quantitative estimate of drug-likeness (QED) is 0.248. The van der Waals surface area contributed by atoms with Crippen molar-refractivity contribution in [3.05, 3.63) is 0 Å². The van der Waals surface area contributed by atoms with Crippen molar-refractivity contribution in [2.75, 3.05) is 39.3 Å². The zero-order chi connectivity index (χ0) is 8.53. The zero-order valence-corrected chi connectivity index (χ0v) is 6.92. The smallest absolute Gasteiger partial charge is 0.0225 e. The second kappa shape index (κ2) is 7.90. The van der Waals surface area contributed by atoms with Crippen LogP contribution >= 0.6 is 0 Å². The minimum atomic E-state index is 0.671. The number of nitrogens with two attached hydrogens (primary N) is 3. The molecule has 5 heteroatoms. The second-order valence-corrected chi connectivity index (χ2v) is 2.37. The van der Waals surface area contributed by atoms with E-state index in [9.17, 15) is 0 Å². The van der Waals surface area contributed by atoms with Crippen molar-refractivity contribution in [3.8, 4) is 0 Å². The molecule has 7 N–H and O–H groups in total. The van der Waals surface area contributed by atoms with E-state index >= 15 is 0 Å². The second-order valence-electron chi connectivity index (χ2n) is 2.37. The molecule has 11 heavy (non-hydrogen) atoms. The van der Waals surface area contributed by atoms with Gasteiger partial charge in [-0.25, -0.2) is 0 Å². The van der Waals surface area contributed by atoms with Crippen molar-refractivity contribution < 1.29 is 0 Å². The van der Waals surface area contributed by atoms with Crippen molar-refractivity contribution in [3.63, 3.8) is 0 Å². The van der Waals surface area contributed by atoms with Crippen molar-refractivity contribution in [1.29, 1.82) is 0 Å². The number of hydrogen-bond acceptors (Lipinski definition) is 5. The van der Waals surface area contributed by atoms with Gasteiger partial charge in [0.15, 0.2) is 0 Å². The van der Waals surface area contributed by atoms with Gasteiger partial charge in [-0.2, -0.15) is 0 Å². The van der Waals surface area contributed by atoms with Crippen LogP contribution in [0.1, 0.15) is 0 Å². The lowest BCUT2D eigenvalue weighted by Crippen LogP contribution is -2.40. The summed E-state index contributed by atoms with van der Waals surface area (Å²) in [4.78, 5) is 2.18. The molecule has 0 saturated heterocycles. The van der Waals surface area contributed by atoms with Gasteiger partial charge in [0.2, 0.25) is 0 Å². The maximum atomic E-state index is 5.40. The molecule has 0 aromatic heterocycles. The van der Waals surface area contributed by atoms with Gasteiger partial charge in [0, 0.05) is 39.3 Å². The number of hydrogen-bond donors (Lipinski definition) is 4. The summed E-state index contributed by atoms with van der Waals surface area (Å²) >= 11 is 0. The van der Waals surface area contributed by atoms with Gasteiger partial charge in [0.05, 0.1) is 0 Å². The molecule has 0 unspecified atom stereocenters. The van der Waals surface area contributed by atoms with Crippen LogP contribution in [0.3, 0.4) is 0 Å². The van der Waals surface area contributed by atoms with E-state index in [0.717, 1.165) is 26.2 Å². The van der Waals surface area contributed by atoms with Crippen LogP contribution in [0.4, 0.5) is 0 Å². The summed E-state index contributed by atoms with van der Waals surface area (Å²) in [5.74, 6) is 5.13. The number of rotatable bonds is 7. The molecule has 0 aliphatic heterocycles. The van der Waals surface area contributed by atoms with Crippen molar-refractivity contribution in [1.82, 2.24) is 10.3 Å². The van der Waals surface area contributed by atoms with E-state index in [4.69, 9.17) is 17.3 Å². The Morgan fingerprint density at radius 3 is 1.91 bits per heavy atom. The van der Waals surface area contributed by atoms with Crippen molar-refractivity contribution in [2.45, 2.75) is 0 Å². The largest absolute Gasteiger partial charge is 0.329 e. The molecule has 68 valence electrons. The van der Waals surface area contributed by atoms with Crippen LogP contribution in [0.5, 0.6) is 0 Å². The normalized spacial score (nSPS) is 10.9. The Labute approximate surface area is 67.9 Å². The lowest BCUT2D eigenvalue weighted by molar-refractivity contribution is 0.288. The van der Waals surface area contributed by atoms with E-state index in [-0.39, 0.29) is 0 Å². The highest BCUT2D eigenvalue weighted by atomic mass is 15.2. The van der Waals surface area contributed by atoms with Gasteiger partial charge in [0.25, 0.3) is 0 Å². The molecule has 0 heterocycles. The average Bonchev–Trinajstić information content (AvgIpc) is 2.01. The third-order valence-corrected chi connectivity index (χ3v) is 1.46. The third-order valence-electron chi connectivity index (χ3n) is 1.46. The first-order valence-corrected chi connectivity index (χ1v) is 3.91. The van der Waals surface area contributed by atoms with Crippen LogP contribution in [0.25, 0.3) is 0 Å². The van der Waals surface area contributed by atoms with E-state index in [1.54, 1.807) is 0 Å². The van der Waals surface area contributed by atoms with Crippen LogP contribution in [-0.4, -0.2) is 44.2 Å². The summed E-state index contributed by atoms with van der Waals surface area (Å²) in [7, 11) is 0. The summed E-state index contributed by atoms with van der Waals surface area (Å²) in [6.45, 7) is 4.80. The van der Waals surface area contributed by atoms with E-state index in [2.05, 4.69) is 10.3 Å². The van der Waals surface area contributed by atoms with E-state index < -0.39 is 0 Å². The highest BCUT2D eigenvalue weighted by molar-refractivity contribution is 4.58. The Kier molecular flexibility index (Phi) is 7.76. The van der Waals surface area contributed by atoms with Gasteiger partial charge in [-0.05, 0) is 0 Å². The monoisotopic (exact) mass is 161 g/mol. The predicted molar refractivity (Wildman–Crippen MR) is 46.7 cm³/mol. The lowest BCUT2D eigenvalue weighted by Gasteiger charge is -2.19. The van der Waals surface area contributed by atoms with Gasteiger partial charge >= 0.3 is 0 Å². The van der Waals surface area contributed by atoms with Crippen molar-refractivity contribution >= 4 is 0 Å². The Morgan fingerprint density at radius 2 is 1.55 bits per heavy atom. The van der Waals surface area contributed by atoms with Gasteiger partial charge in [-0.3, -0.25) is 16.2 Å². The maximum absolute atomic E-state index is 5.40. The van der Waals surface area contributed by atoms with Crippen LogP contribution in [0, 0.1) is 0 Å². The highest BCUT2D eigenvalue weighted by Crippen LogP contribution is 1.82. The third kappa shape index (κ3) is 6.21. The van der Waals surface area contributed by atoms with Gasteiger partial charge in [-0.1, -0.05) is 0 Å². The topological polar surface area (TPSA) is 93.3 Å². The predicted octanol–water partition coefficient (Wildman–Crippen LogP) is -2.33. The Morgan fingerprint density at radius 1 is 1.00 bits per heavy atom. The highest BCUT2D eigenvalue weighted by Gasteiger charge is 1.99. The van der Waals surface area contributed by atoms with Gasteiger partial charge in [0.1, 0.15) is 0 Å². The lowest BCUT2D eigenvalue weighted by atomic mass is 10.4. The number of hydrazine groups is 1. The molecule has 0 atom stereocenters. The minimum absolute atomic E-state index is 0.671. The summed E-state index contributed by atoms with van der Waals surface area (Å²) in [5, 5.41) is 0. The first kappa shape index (κ1) is 10.8. The standard InChI is InChI=1S/C6H19N5/c7-1-4-11(5-2-8)6-3-10-9/h10H,1-9H2. The van der Waals surface area contributed by atoms with Gasteiger partial charge < -0.3 is 11.5 Å². The fourth-order valence-electron chi connectivity index (χ4n) is 0.923. The molecule has 0 radical (unpaired) electrons. The average molecular weight is 161 g/mol. The van der Waals surface area contributed by atoms with E-state index in [1.807, 2.05) is 0 Å².